The first kappa shape index (κ1) is 14.4. The lowest BCUT2D eigenvalue weighted by molar-refractivity contribution is -0.149. The van der Waals surface area contributed by atoms with E-state index in [9.17, 15) is 4.79 Å². The molecule has 5 heteroatoms. The summed E-state index contributed by atoms with van der Waals surface area (Å²) in [7, 11) is 3.96. The first-order valence-corrected chi connectivity index (χ1v) is 6.05. The predicted octanol–water partition coefficient (Wildman–Crippen LogP) is 0.202. The molecule has 17 heavy (non-hydrogen) atoms. The van der Waals surface area contributed by atoms with E-state index in [2.05, 4.69) is 23.6 Å². The van der Waals surface area contributed by atoms with Crippen molar-refractivity contribution >= 4 is 5.97 Å². The van der Waals surface area contributed by atoms with Gasteiger partial charge in [0.1, 0.15) is 6.61 Å². The van der Waals surface area contributed by atoms with Gasteiger partial charge in [-0.1, -0.05) is 0 Å². The number of carbonyl (C=O) groups is 1. The fourth-order valence-corrected chi connectivity index (χ4v) is 1.37. The molecule has 0 unspecified atom stereocenters. The van der Waals surface area contributed by atoms with Gasteiger partial charge in [0.25, 0.3) is 0 Å². The molecule has 0 aromatic carbocycles. The number of rotatable bonds is 5. The summed E-state index contributed by atoms with van der Waals surface area (Å²) in [5.74, 6) is -0.151. The van der Waals surface area contributed by atoms with E-state index < -0.39 is 0 Å². The Morgan fingerprint density at radius 2 is 1.94 bits per heavy atom. The molecule has 5 nitrogen and oxygen atoms in total. The van der Waals surface area contributed by atoms with E-state index in [1.165, 1.54) is 0 Å². The molecule has 0 aliphatic carbocycles. The van der Waals surface area contributed by atoms with Crippen molar-refractivity contribution in [2.75, 3.05) is 53.6 Å². The third-order valence-corrected chi connectivity index (χ3v) is 3.25. The van der Waals surface area contributed by atoms with Gasteiger partial charge in [-0.2, -0.15) is 0 Å². The van der Waals surface area contributed by atoms with E-state index in [0.29, 0.717) is 26.4 Å². The normalized spacial score (nSPS) is 18.4. The standard InChI is InChI=1S/C12H24N2O3/c1-12(2,13(3)4)10-17-11(15)9-14-5-7-16-8-6-14/h5-10H2,1-4H3. The second kappa shape index (κ2) is 6.33. The third kappa shape index (κ3) is 5.02. The molecule has 0 radical (unpaired) electrons. The van der Waals surface area contributed by atoms with E-state index in [1.807, 2.05) is 14.1 Å². The van der Waals surface area contributed by atoms with Crippen molar-refractivity contribution in [1.29, 1.82) is 0 Å². The van der Waals surface area contributed by atoms with E-state index in [4.69, 9.17) is 9.47 Å². The molecule has 0 spiro atoms. The maximum atomic E-state index is 11.7. The van der Waals surface area contributed by atoms with Gasteiger partial charge in [-0.3, -0.25) is 9.69 Å². The molecule has 0 amide bonds. The topological polar surface area (TPSA) is 42.0 Å². The molecule has 1 fully saturated rings. The number of nitrogens with zero attached hydrogens (tertiary/aromatic N) is 2. The second-order valence-electron chi connectivity index (χ2n) is 5.26. The summed E-state index contributed by atoms with van der Waals surface area (Å²) in [6.07, 6.45) is 0. The lowest BCUT2D eigenvalue weighted by Gasteiger charge is -2.32. The summed E-state index contributed by atoms with van der Waals surface area (Å²) in [6, 6.07) is 0. The van der Waals surface area contributed by atoms with Gasteiger partial charge in [0, 0.05) is 18.6 Å². The van der Waals surface area contributed by atoms with Crippen molar-refractivity contribution in [2.45, 2.75) is 19.4 Å². The van der Waals surface area contributed by atoms with Crippen molar-refractivity contribution in [3.8, 4) is 0 Å². The maximum absolute atomic E-state index is 11.7. The summed E-state index contributed by atoms with van der Waals surface area (Å²) in [4.78, 5) is 15.8. The second-order valence-corrected chi connectivity index (χ2v) is 5.26. The van der Waals surface area contributed by atoms with Crippen LogP contribution in [0.2, 0.25) is 0 Å². The number of ether oxygens (including phenoxy) is 2. The number of hydrogen-bond donors (Lipinski definition) is 0. The van der Waals surface area contributed by atoms with Crippen LogP contribution in [0.15, 0.2) is 0 Å². The first-order chi connectivity index (χ1) is 7.92. The molecule has 1 aliphatic rings. The largest absolute Gasteiger partial charge is 0.463 e. The molecule has 100 valence electrons. The Balaban J connectivity index is 2.25. The molecule has 0 saturated carbocycles. The van der Waals surface area contributed by atoms with Gasteiger partial charge in [-0.25, -0.2) is 0 Å². The Morgan fingerprint density at radius 3 is 2.47 bits per heavy atom. The van der Waals surface area contributed by atoms with Gasteiger partial charge in [0.15, 0.2) is 0 Å². The summed E-state index contributed by atoms with van der Waals surface area (Å²) >= 11 is 0. The fraction of sp³-hybridized carbons (Fsp3) is 0.917. The Morgan fingerprint density at radius 1 is 1.35 bits per heavy atom. The molecule has 0 bridgehead atoms. The first-order valence-electron chi connectivity index (χ1n) is 6.05. The van der Waals surface area contributed by atoms with Crippen LogP contribution < -0.4 is 0 Å². The van der Waals surface area contributed by atoms with Crippen LogP contribution in [0.25, 0.3) is 0 Å². The van der Waals surface area contributed by atoms with E-state index in [0.717, 1.165) is 13.1 Å². The highest BCUT2D eigenvalue weighted by atomic mass is 16.5. The molecule has 0 aromatic heterocycles. The highest BCUT2D eigenvalue weighted by Crippen LogP contribution is 2.10. The zero-order chi connectivity index (χ0) is 12.9. The van der Waals surface area contributed by atoms with Crippen LogP contribution >= 0.6 is 0 Å². The number of morpholine rings is 1. The average Bonchev–Trinajstić information content (AvgIpc) is 2.28. The summed E-state index contributed by atoms with van der Waals surface area (Å²) < 4.78 is 10.5. The zero-order valence-corrected chi connectivity index (χ0v) is 11.4. The fourth-order valence-electron chi connectivity index (χ4n) is 1.37. The molecule has 1 rings (SSSR count). The molecule has 0 atom stereocenters. The Labute approximate surface area is 104 Å². The number of esters is 1. The number of carbonyl (C=O) groups excluding carboxylic acids is 1. The van der Waals surface area contributed by atoms with E-state index in [-0.39, 0.29) is 11.5 Å². The summed E-state index contributed by atoms with van der Waals surface area (Å²) in [5.41, 5.74) is -0.124. The van der Waals surface area contributed by atoms with Crippen LogP contribution in [0, 0.1) is 0 Å². The Kier molecular flexibility index (Phi) is 5.36. The van der Waals surface area contributed by atoms with E-state index >= 15 is 0 Å². The van der Waals surface area contributed by atoms with Gasteiger partial charge in [0.2, 0.25) is 0 Å². The van der Waals surface area contributed by atoms with Crippen LogP contribution in [-0.4, -0.2) is 74.9 Å². The SMILES string of the molecule is CN(C)C(C)(C)COC(=O)CN1CCOCC1. The average molecular weight is 244 g/mol. The third-order valence-electron chi connectivity index (χ3n) is 3.25. The Hall–Kier alpha value is -0.650. The van der Waals surface area contributed by atoms with Crippen LogP contribution in [-0.2, 0) is 14.3 Å². The smallest absolute Gasteiger partial charge is 0.320 e. The minimum absolute atomic E-state index is 0.124. The molecule has 1 saturated heterocycles. The maximum Gasteiger partial charge on any atom is 0.320 e. The van der Waals surface area contributed by atoms with Gasteiger partial charge >= 0.3 is 5.97 Å². The predicted molar refractivity (Wildman–Crippen MR) is 66.0 cm³/mol. The van der Waals surface area contributed by atoms with Crippen molar-refractivity contribution < 1.29 is 14.3 Å². The van der Waals surface area contributed by atoms with Gasteiger partial charge in [-0.05, 0) is 27.9 Å². The van der Waals surface area contributed by atoms with Crippen molar-refractivity contribution in [2.24, 2.45) is 0 Å². The summed E-state index contributed by atoms with van der Waals surface area (Å²) in [6.45, 7) is 7.92. The molecule has 1 heterocycles. The van der Waals surface area contributed by atoms with Crippen molar-refractivity contribution in [3.63, 3.8) is 0 Å². The van der Waals surface area contributed by atoms with Crippen LogP contribution in [0.3, 0.4) is 0 Å². The highest BCUT2D eigenvalue weighted by molar-refractivity contribution is 5.71. The van der Waals surface area contributed by atoms with Crippen LogP contribution in [0.4, 0.5) is 0 Å². The zero-order valence-electron chi connectivity index (χ0n) is 11.4. The Bertz CT molecular complexity index is 248. The molecular weight excluding hydrogens is 220 g/mol. The summed E-state index contributed by atoms with van der Waals surface area (Å²) in [5, 5.41) is 0. The van der Waals surface area contributed by atoms with Crippen molar-refractivity contribution in [3.05, 3.63) is 0 Å². The molecule has 1 aliphatic heterocycles. The quantitative estimate of drug-likeness (QED) is 0.646. The van der Waals surface area contributed by atoms with Gasteiger partial charge < -0.3 is 14.4 Å². The molecule has 0 N–H and O–H groups in total. The lowest BCUT2D eigenvalue weighted by atomic mass is 10.1. The van der Waals surface area contributed by atoms with Crippen LogP contribution in [0.1, 0.15) is 13.8 Å². The molecular formula is C12H24N2O3. The monoisotopic (exact) mass is 244 g/mol. The van der Waals surface area contributed by atoms with Gasteiger partial charge in [0.05, 0.1) is 19.8 Å². The number of hydrogen-bond acceptors (Lipinski definition) is 5. The minimum atomic E-state index is -0.151. The van der Waals surface area contributed by atoms with E-state index in [1.54, 1.807) is 0 Å². The van der Waals surface area contributed by atoms with Gasteiger partial charge in [-0.15, -0.1) is 0 Å². The van der Waals surface area contributed by atoms with Crippen LogP contribution in [0.5, 0.6) is 0 Å². The highest BCUT2D eigenvalue weighted by Gasteiger charge is 2.23. The lowest BCUT2D eigenvalue weighted by Crippen LogP contribution is -2.45. The van der Waals surface area contributed by atoms with Crippen molar-refractivity contribution in [1.82, 2.24) is 9.80 Å². The molecule has 0 aromatic rings. The number of likely N-dealkylation sites (N-methyl/N-ethyl adjacent to an activating group) is 1. The minimum Gasteiger partial charge on any atom is -0.463 e.